The van der Waals surface area contributed by atoms with E-state index in [2.05, 4.69) is 0 Å². The van der Waals surface area contributed by atoms with Gasteiger partial charge in [0.05, 0.1) is 16.1 Å². The molecule has 1 atom stereocenters. The zero-order valence-electron chi connectivity index (χ0n) is 7.76. The van der Waals surface area contributed by atoms with E-state index in [4.69, 9.17) is 28.9 Å². The predicted molar refractivity (Wildman–Crippen MR) is 59.1 cm³/mol. The molecule has 1 aromatic carbocycles. The maximum atomic E-state index is 11.7. The van der Waals surface area contributed by atoms with Crippen molar-refractivity contribution in [1.82, 2.24) is 0 Å². The van der Waals surface area contributed by atoms with Crippen LogP contribution < -0.4 is 5.73 Å². The molecule has 0 radical (unpaired) electrons. The third-order valence-electron chi connectivity index (χ3n) is 1.99. The van der Waals surface area contributed by atoms with Gasteiger partial charge in [-0.3, -0.25) is 4.79 Å². The van der Waals surface area contributed by atoms with Gasteiger partial charge < -0.3 is 5.73 Å². The fraction of sp³-hybridized carbons (Fsp3) is 0.300. The topological polar surface area (TPSA) is 43.1 Å². The van der Waals surface area contributed by atoms with Crippen LogP contribution in [0.2, 0.25) is 10.0 Å². The van der Waals surface area contributed by atoms with Crippen LogP contribution in [0.3, 0.4) is 0 Å². The van der Waals surface area contributed by atoms with Crippen molar-refractivity contribution in [3.63, 3.8) is 0 Å². The van der Waals surface area contributed by atoms with Crippen molar-refractivity contribution >= 4 is 29.0 Å². The Hall–Kier alpha value is -0.570. The van der Waals surface area contributed by atoms with E-state index in [1.54, 1.807) is 18.2 Å². The van der Waals surface area contributed by atoms with Gasteiger partial charge in [0, 0.05) is 5.56 Å². The number of halogens is 2. The third kappa shape index (κ3) is 2.27. The molecule has 0 fully saturated rings. The van der Waals surface area contributed by atoms with E-state index in [1.165, 1.54) is 0 Å². The lowest BCUT2D eigenvalue weighted by atomic mass is 10.0. The van der Waals surface area contributed by atoms with Crippen molar-refractivity contribution in [3.05, 3.63) is 33.8 Å². The first kappa shape index (κ1) is 11.5. The van der Waals surface area contributed by atoms with Gasteiger partial charge in [0.2, 0.25) is 0 Å². The average Bonchev–Trinajstić information content (AvgIpc) is 2.20. The van der Waals surface area contributed by atoms with Gasteiger partial charge >= 0.3 is 0 Å². The molecule has 0 saturated carbocycles. The summed E-state index contributed by atoms with van der Waals surface area (Å²) in [7, 11) is 0. The first-order valence-electron chi connectivity index (χ1n) is 4.31. The van der Waals surface area contributed by atoms with E-state index in [9.17, 15) is 4.79 Å². The summed E-state index contributed by atoms with van der Waals surface area (Å²) in [5, 5.41) is 0.656. The molecule has 2 nitrogen and oxygen atoms in total. The smallest absolute Gasteiger partial charge is 0.181 e. The summed E-state index contributed by atoms with van der Waals surface area (Å²) < 4.78 is 0. The molecule has 1 aromatic rings. The Kier molecular flexibility index (Phi) is 3.93. The predicted octanol–water partition coefficient (Wildman–Crippen LogP) is 2.91. The molecule has 76 valence electrons. The zero-order chi connectivity index (χ0) is 10.7. The number of carbonyl (C=O) groups excluding carboxylic acids is 1. The van der Waals surface area contributed by atoms with Crippen molar-refractivity contribution in [1.29, 1.82) is 0 Å². The number of nitrogens with two attached hydrogens (primary N) is 1. The molecule has 0 aliphatic rings. The van der Waals surface area contributed by atoms with E-state index < -0.39 is 6.04 Å². The highest BCUT2D eigenvalue weighted by molar-refractivity contribution is 6.44. The van der Waals surface area contributed by atoms with E-state index >= 15 is 0 Å². The summed E-state index contributed by atoms with van der Waals surface area (Å²) in [6, 6.07) is 4.44. The lowest BCUT2D eigenvalue weighted by Crippen LogP contribution is -2.29. The molecule has 14 heavy (non-hydrogen) atoms. The maximum absolute atomic E-state index is 11.7. The lowest BCUT2D eigenvalue weighted by Gasteiger charge is -2.09. The van der Waals surface area contributed by atoms with Crippen LogP contribution in [-0.2, 0) is 0 Å². The zero-order valence-corrected chi connectivity index (χ0v) is 9.27. The summed E-state index contributed by atoms with van der Waals surface area (Å²) in [4.78, 5) is 11.7. The van der Waals surface area contributed by atoms with Gasteiger partial charge in [0.25, 0.3) is 0 Å². The van der Waals surface area contributed by atoms with E-state index in [-0.39, 0.29) is 10.8 Å². The van der Waals surface area contributed by atoms with Gasteiger partial charge in [-0.15, -0.1) is 0 Å². The molecule has 1 rings (SSSR count). The Labute approximate surface area is 93.0 Å². The van der Waals surface area contributed by atoms with Gasteiger partial charge in [-0.1, -0.05) is 36.2 Å². The van der Waals surface area contributed by atoms with Crippen LogP contribution >= 0.6 is 23.2 Å². The largest absolute Gasteiger partial charge is 0.321 e. The lowest BCUT2D eigenvalue weighted by molar-refractivity contribution is 0.0959. The van der Waals surface area contributed by atoms with Crippen LogP contribution in [0.15, 0.2) is 18.2 Å². The Bertz CT molecular complexity index is 352. The van der Waals surface area contributed by atoms with Crippen LogP contribution in [0.1, 0.15) is 23.7 Å². The molecule has 2 N–H and O–H groups in total. The molecule has 0 spiro atoms. The molecule has 0 amide bonds. The van der Waals surface area contributed by atoms with Crippen molar-refractivity contribution in [2.75, 3.05) is 0 Å². The van der Waals surface area contributed by atoms with Gasteiger partial charge in [-0.2, -0.15) is 0 Å². The van der Waals surface area contributed by atoms with Gasteiger partial charge in [0.1, 0.15) is 0 Å². The molecule has 0 heterocycles. The molecule has 0 aliphatic carbocycles. The minimum atomic E-state index is -0.508. The first-order chi connectivity index (χ1) is 6.57. The number of hydrogen-bond donors (Lipinski definition) is 1. The number of ketones is 1. The number of hydrogen-bond acceptors (Lipinski definition) is 2. The van der Waals surface area contributed by atoms with E-state index in [0.29, 0.717) is 17.0 Å². The van der Waals surface area contributed by atoms with Gasteiger partial charge in [0.15, 0.2) is 5.78 Å². The SMILES string of the molecule is CCC(N)C(=O)c1cccc(Cl)c1Cl. The summed E-state index contributed by atoms with van der Waals surface area (Å²) in [6.45, 7) is 1.85. The summed E-state index contributed by atoms with van der Waals surface area (Å²) in [5.74, 6) is -0.167. The Morgan fingerprint density at radius 3 is 2.71 bits per heavy atom. The fourth-order valence-electron chi connectivity index (χ4n) is 1.08. The highest BCUT2D eigenvalue weighted by Gasteiger charge is 2.17. The van der Waals surface area contributed by atoms with Crippen molar-refractivity contribution < 1.29 is 4.79 Å². The van der Waals surface area contributed by atoms with Crippen molar-refractivity contribution in [2.24, 2.45) is 5.73 Å². The molecular weight excluding hydrogens is 221 g/mol. The van der Waals surface area contributed by atoms with Crippen molar-refractivity contribution in [3.8, 4) is 0 Å². The van der Waals surface area contributed by atoms with E-state index in [0.717, 1.165) is 0 Å². The Morgan fingerprint density at radius 2 is 2.14 bits per heavy atom. The number of rotatable bonds is 3. The second-order valence-electron chi connectivity index (χ2n) is 2.98. The van der Waals surface area contributed by atoms with Crippen LogP contribution in [0, 0.1) is 0 Å². The second-order valence-corrected chi connectivity index (χ2v) is 3.77. The molecule has 0 bridgehead atoms. The number of benzene rings is 1. The quantitative estimate of drug-likeness (QED) is 0.814. The molecule has 0 aliphatic heterocycles. The third-order valence-corrected chi connectivity index (χ3v) is 2.81. The van der Waals surface area contributed by atoms with Gasteiger partial charge in [-0.05, 0) is 18.6 Å². The van der Waals surface area contributed by atoms with E-state index in [1.807, 2.05) is 6.92 Å². The van der Waals surface area contributed by atoms with Crippen LogP contribution in [0.25, 0.3) is 0 Å². The Balaban J connectivity index is 3.07. The minimum absolute atomic E-state index is 0.167. The van der Waals surface area contributed by atoms with Crippen LogP contribution in [0.4, 0.5) is 0 Å². The highest BCUT2D eigenvalue weighted by atomic mass is 35.5. The molecule has 0 saturated heterocycles. The number of Topliss-reactive ketones (excluding diaryl/α,β-unsaturated/α-hetero) is 1. The standard InChI is InChI=1S/C10H11Cl2NO/c1-2-8(13)10(14)6-4-3-5-7(11)9(6)12/h3-5,8H,2,13H2,1H3. The fourth-order valence-corrected chi connectivity index (χ4v) is 1.47. The van der Waals surface area contributed by atoms with Crippen LogP contribution in [0.5, 0.6) is 0 Å². The summed E-state index contributed by atoms with van der Waals surface area (Å²) in [5.41, 5.74) is 6.01. The average molecular weight is 232 g/mol. The van der Waals surface area contributed by atoms with Crippen LogP contribution in [-0.4, -0.2) is 11.8 Å². The first-order valence-corrected chi connectivity index (χ1v) is 5.07. The minimum Gasteiger partial charge on any atom is -0.321 e. The summed E-state index contributed by atoms with van der Waals surface area (Å²) >= 11 is 11.7. The second kappa shape index (κ2) is 4.78. The Morgan fingerprint density at radius 1 is 1.50 bits per heavy atom. The maximum Gasteiger partial charge on any atom is 0.181 e. The molecule has 4 heteroatoms. The normalized spacial score (nSPS) is 12.6. The monoisotopic (exact) mass is 231 g/mol. The molecular formula is C10H11Cl2NO. The van der Waals surface area contributed by atoms with Gasteiger partial charge in [-0.25, -0.2) is 0 Å². The highest BCUT2D eigenvalue weighted by Crippen LogP contribution is 2.26. The molecule has 1 unspecified atom stereocenters. The molecule has 0 aromatic heterocycles. The number of carbonyl (C=O) groups is 1. The van der Waals surface area contributed by atoms with Crippen molar-refractivity contribution in [2.45, 2.75) is 19.4 Å². The summed E-state index contributed by atoms with van der Waals surface area (Å²) in [6.07, 6.45) is 0.585.